The van der Waals surface area contributed by atoms with E-state index in [0.29, 0.717) is 39.3 Å². The first-order valence-electron chi connectivity index (χ1n) is 5.88. The Labute approximate surface area is 102 Å². The van der Waals surface area contributed by atoms with Gasteiger partial charge in [-0.25, -0.2) is 4.79 Å². The van der Waals surface area contributed by atoms with E-state index in [2.05, 4.69) is 0 Å². The lowest BCUT2D eigenvalue weighted by Gasteiger charge is -2.34. The number of carbonyl (C=O) groups is 2. The molecule has 1 rings (SSSR count). The number of hydrogen-bond acceptors (Lipinski definition) is 4. The normalized spacial score (nSPS) is 16.2. The van der Waals surface area contributed by atoms with E-state index in [1.54, 1.807) is 16.7 Å². The van der Waals surface area contributed by atoms with Crippen molar-refractivity contribution in [3.05, 3.63) is 0 Å². The highest BCUT2D eigenvalue weighted by Crippen LogP contribution is 2.04. The van der Waals surface area contributed by atoms with Gasteiger partial charge in [0.2, 0.25) is 5.91 Å². The van der Waals surface area contributed by atoms with Gasteiger partial charge in [0.15, 0.2) is 0 Å². The number of hydrogen-bond donors (Lipinski definition) is 0. The van der Waals surface area contributed by atoms with Crippen LogP contribution in [0.15, 0.2) is 0 Å². The zero-order valence-corrected chi connectivity index (χ0v) is 10.8. The standard InChI is InChI=1S/C11H21N3O3/c1-4-17-11(16)14-7-5-13(6-8-14)10(15)9-12(2)3/h4-9H2,1-3H3. The fraction of sp³-hybridized carbons (Fsp3) is 0.818. The van der Waals surface area contributed by atoms with Crippen molar-refractivity contribution < 1.29 is 14.3 Å². The molecule has 1 fully saturated rings. The highest BCUT2D eigenvalue weighted by molar-refractivity contribution is 5.78. The number of carbonyl (C=O) groups excluding carboxylic acids is 2. The van der Waals surface area contributed by atoms with Crippen molar-refractivity contribution in [1.82, 2.24) is 14.7 Å². The average molecular weight is 243 g/mol. The Balaban J connectivity index is 2.35. The molecule has 0 aromatic carbocycles. The van der Waals surface area contributed by atoms with E-state index < -0.39 is 0 Å². The van der Waals surface area contributed by atoms with Crippen molar-refractivity contribution in [2.75, 3.05) is 53.4 Å². The highest BCUT2D eigenvalue weighted by Gasteiger charge is 2.24. The summed E-state index contributed by atoms with van der Waals surface area (Å²) in [6.07, 6.45) is -0.285. The van der Waals surface area contributed by atoms with Crippen LogP contribution in [0.25, 0.3) is 0 Å². The summed E-state index contributed by atoms with van der Waals surface area (Å²) in [5.74, 6) is 0.110. The van der Waals surface area contributed by atoms with Crippen LogP contribution in [0.2, 0.25) is 0 Å². The molecule has 6 heteroatoms. The van der Waals surface area contributed by atoms with E-state index in [4.69, 9.17) is 4.74 Å². The van der Waals surface area contributed by atoms with Gasteiger partial charge >= 0.3 is 6.09 Å². The van der Waals surface area contributed by atoms with Crippen LogP contribution in [-0.4, -0.2) is 80.1 Å². The lowest BCUT2D eigenvalue weighted by atomic mass is 10.3. The smallest absolute Gasteiger partial charge is 0.409 e. The number of likely N-dealkylation sites (N-methyl/N-ethyl adjacent to an activating group) is 1. The molecule has 0 atom stereocenters. The van der Waals surface area contributed by atoms with Gasteiger partial charge in [-0.15, -0.1) is 0 Å². The van der Waals surface area contributed by atoms with Gasteiger partial charge < -0.3 is 19.4 Å². The molecule has 0 saturated carbocycles. The van der Waals surface area contributed by atoms with Gasteiger partial charge in [-0.3, -0.25) is 4.79 Å². The molecular formula is C11H21N3O3. The largest absolute Gasteiger partial charge is 0.450 e. The number of rotatable bonds is 3. The Morgan fingerprint density at radius 1 is 1.12 bits per heavy atom. The molecule has 1 aliphatic heterocycles. The molecule has 1 heterocycles. The Bertz CT molecular complexity index is 273. The minimum absolute atomic E-state index is 0.110. The molecule has 2 amide bonds. The third kappa shape index (κ3) is 4.22. The van der Waals surface area contributed by atoms with E-state index in [9.17, 15) is 9.59 Å². The van der Waals surface area contributed by atoms with Crippen molar-refractivity contribution in [2.45, 2.75) is 6.92 Å². The maximum absolute atomic E-state index is 11.8. The average Bonchev–Trinajstić information content (AvgIpc) is 2.28. The van der Waals surface area contributed by atoms with E-state index in [1.807, 2.05) is 19.0 Å². The highest BCUT2D eigenvalue weighted by atomic mass is 16.6. The monoisotopic (exact) mass is 243 g/mol. The summed E-state index contributed by atoms with van der Waals surface area (Å²) in [7, 11) is 3.74. The Morgan fingerprint density at radius 3 is 2.12 bits per heavy atom. The van der Waals surface area contributed by atoms with Gasteiger partial charge in [0, 0.05) is 26.2 Å². The molecule has 17 heavy (non-hydrogen) atoms. The van der Waals surface area contributed by atoms with Crippen molar-refractivity contribution >= 4 is 12.0 Å². The number of piperazine rings is 1. The maximum atomic E-state index is 11.8. The van der Waals surface area contributed by atoms with Crippen molar-refractivity contribution in [1.29, 1.82) is 0 Å². The first kappa shape index (κ1) is 13.8. The van der Waals surface area contributed by atoms with Crippen LogP contribution in [0.3, 0.4) is 0 Å². The van der Waals surface area contributed by atoms with Crippen LogP contribution in [0.1, 0.15) is 6.92 Å². The summed E-state index contributed by atoms with van der Waals surface area (Å²) in [6, 6.07) is 0. The van der Waals surface area contributed by atoms with Crippen LogP contribution in [-0.2, 0) is 9.53 Å². The molecule has 0 radical (unpaired) electrons. The zero-order valence-electron chi connectivity index (χ0n) is 10.8. The fourth-order valence-corrected chi connectivity index (χ4v) is 1.72. The van der Waals surface area contributed by atoms with E-state index in [1.165, 1.54) is 0 Å². The van der Waals surface area contributed by atoms with Crippen molar-refractivity contribution in [3.8, 4) is 0 Å². The van der Waals surface area contributed by atoms with Crippen LogP contribution < -0.4 is 0 Å². The summed E-state index contributed by atoms with van der Waals surface area (Å²) >= 11 is 0. The third-order valence-corrected chi connectivity index (χ3v) is 2.61. The zero-order chi connectivity index (χ0) is 12.8. The first-order valence-corrected chi connectivity index (χ1v) is 5.88. The SMILES string of the molecule is CCOC(=O)N1CCN(C(=O)CN(C)C)CC1. The second kappa shape index (κ2) is 6.44. The van der Waals surface area contributed by atoms with Crippen molar-refractivity contribution in [2.24, 2.45) is 0 Å². The topological polar surface area (TPSA) is 53.1 Å². The van der Waals surface area contributed by atoms with Gasteiger partial charge in [0.25, 0.3) is 0 Å². The quantitative estimate of drug-likeness (QED) is 0.691. The number of amides is 2. The third-order valence-electron chi connectivity index (χ3n) is 2.61. The molecule has 1 aliphatic rings. The van der Waals surface area contributed by atoms with Crippen molar-refractivity contribution in [3.63, 3.8) is 0 Å². The summed E-state index contributed by atoms with van der Waals surface area (Å²) in [4.78, 5) is 28.5. The summed E-state index contributed by atoms with van der Waals surface area (Å²) in [5.41, 5.74) is 0. The Kier molecular flexibility index (Phi) is 5.21. The molecule has 6 nitrogen and oxygen atoms in total. The summed E-state index contributed by atoms with van der Waals surface area (Å²) in [6.45, 7) is 4.87. The molecule has 0 N–H and O–H groups in total. The predicted octanol–water partition coefficient (Wildman–Crippen LogP) is -0.151. The number of ether oxygens (including phenoxy) is 1. The lowest BCUT2D eigenvalue weighted by Crippen LogP contribution is -2.52. The van der Waals surface area contributed by atoms with Crippen LogP contribution in [0.4, 0.5) is 4.79 Å². The van der Waals surface area contributed by atoms with Gasteiger partial charge in [0.1, 0.15) is 0 Å². The van der Waals surface area contributed by atoms with Gasteiger partial charge in [0.05, 0.1) is 13.2 Å². The number of nitrogens with zero attached hydrogens (tertiary/aromatic N) is 3. The predicted molar refractivity (Wildman–Crippen MR) is 63.7 cm³/mol. The van der Waals surface area contributed by atoms with Crippen LogP contribution >= 0.6 is 0 Å². The second-order valence-corrected chi connectivity index (χ2v) is 4.30. The molecule has 0 spiro atoms. The van der Waals surface area contributed by atoms with Crippen LogP contribution in [0.5, 0.6) is 0 Å². The van der Waals surface area contributed by atoms with Gasteiger partial charge in [-0.1, -0.05) is 0 Å². The molecule has 0 aromatic rings. The molecule has 98 valence electrons. The lowest BCUT2D eigenvalue weighted by molar-refractivity contribution is -0.133. The van der Waals surface area contributed by atoms with E-state index in [0.717, 1.165) is 0 Å². The Morgan fingerprint density at radius 2 is 1.65 bits per heavy atom. The summed E-state index contributed by atoms with van der Waals surface area (Å²) in [5, 5.41) is 0. The fourth-order valence-electron chi connectivity index (χ4n) is 1.72. The molecule has 0 unspecified atom stereocenters. The first-order chi connectivity index (χ1) is 8.04. The molecule has 1 saturated heterocycles. The summed E-state index contributed by atoms with van der Waals surface area (Å²) < 4.78 is 4.92. The second-order valence-electron chi connectivity index (χ2n) is 4.30. The molecule has 0 aromatic heterocycles. The molecule has 0 bridgehead atoms. The van der Waals surface area contributed by atoms with Gasteiger partial charge in [-0.2, -0.15) is 0 Å². The van der Waals surface area contributed by atoms with Crippen LogP contribution in [0, 0.1) is 0 Å². The minimum atomic E-state index is -0.285. The maximum Gasteiger partial charge on any atom is 0.409 e. The van der Waals surface area contributed by atoms with E-state index in [-0.39, 0.29) is 12.0 Å². The van der Waals surface area contributed by atoms with E-state index >= 15 is 0 Å². The minimum Gasteiger partial charge on any atom is -0.450 e. The Hall–Kier alpha value is -1.30. The van der Waals surface area contributed by atoms with Gasteiger partial charge in [-0.05, 0) is 21.0 Å². The molecule has 0 aliphatic carbocycles. The molecular weight excluding hydrogens is 222 g/mol.